The number of carbonyl (C=O) groups is 3. The lowest BCUT2D eigenvalue weighted by molar-refractivity contribution is -0.502. The summed E-state index contributed by atoms with van der Waals surface area (Å²) in [5.74, 6) is -1.53. The normalized spacial score (nSPS) is 28.2. The molecule has 0 saturated carbocycles. The molecule has 3 aliphatic rings. The summed E-state index contributed by atoms with van der Waals surface area (Å²) >= 11 is 0. The second-order valence-electron chi connectivity index (χ2n) is 12.6. The Morgan fingerprint density at radius 2 is 1.54 bits per heavy atom. The summed E-state index contributed by atoms with van der Waals surface area (Å²) in [7, 11) is 0. The fraction of sp³-hybridized carbons (Fsp3) is 0.516. The first kappa shape index (κ1) is 25.8. The van der Waals surface area contributed by atoms with Crippen molar-refractivity contribution in [1.29, 1.82) is 0 Å². The van der Waals surface area contributed by atoms with E-state index in [1.807, 2.05) is 90.9 Å². The molecule has 2 aromatic carbocycles. The van der Waals surface area contributed by atoms with E-state index in [0.717, 1.165) is 22.3 Å². The fourth-order valence-electron chi connectivity index (χ4n) is 8.02. The second kappa shape index (κ2) is 8.34. The number of quaternary nitrogens is 1. The molecule has 2 aromatic rings. The van der Waals surface area contributed by atoms with Crippen molar-refractivity contribution >= 4 is 17.8 Å². The number of carbonyl (C=O) groups excluding carboxylic acids is 3. The molecular formula is C31H38NO5+. The zero-order valence-electron chi connectivity index (χ0n) is 22.9. The highest BCUT2D eigenvalue weighted by atomic mass is 16.5. The molecule has 6 nitrogen and oxygen atoms in total. The van der Waals surface area contributed by atoms with E-state index in [-0.39, 0.29) is 30.5 Å². The van der Waals surface area contributed by atoms with Gasteiger partial charge in [-0.15, -0.1) is 0 Å². The van der Waals surface area contributed by atoms with Crippen molar-refractivity contribution in [3.05, 3.63) is 70.8 Å². The van der Waals surface area contributed by atoms with Gasteiger partial charge >= 0.3 is 17.8 Å². The molecule has 37 heavy (non-hydrogen) atoms. The van der Waals surface area contributed by atoms with Gasteiger partial charge in [-0.3, -0.25) is 4.79 Å². The Labute approximate surface area is 219 Å². The minimum atomic E-state index is -0.791. The van der Waals surface area contributed by atoms with E-state index in [9.17, 15) is 14.4 Å². The maximum Gasteiger partial charge on any atom is 0.326 e. The highest BCUT2D eigenvalue weighted by Crippen LogP contribution is 2.73. The largest absolute Gasteiger partial charge is 0.464 e. The van der Waals surface area contributed by atoms with Gasteiger partial charge in [0, 0.05) is 5.41 Å². The zero-order valence-corrected chi connectivity index (χ0v) is 22.9. The van der Waals surface area contributed by atoms with Crippen LogP contribution >= 0.6 is 0 Å². The molecule has 4 unspecified atom stereocenters. The predicted octanol–water partition coefficient (Wildman–Crippen LogP) is 3.75. The molecule has 1 heterocycles. The van der Waals surface area contributed by atoms with Gasteiger partial charge < -0.3 is 9.47 Å². The van der Waals surface area contributed by atoms with Crippen LogP contribution in [0.5, 0.6) is 0 Å². The van der Waals surface area contributed by atoms with Gasteiger partial charge in [-0.05, 0) is 77.1 Å². The zero-order chi connectivity index (χ0) is 27.0. The number of piperidine rings is 1. The Morgan fingerprint density at radius 3 is 2.19 bits per heavy atom. The Morgan fingerprint density at radius 1 is 0.946 bits per heavy atom. The van der Waals surface area contributed by atoms with Gasteiger partial charge in [-0.1, -0.05) is 48.5 Å². The average Bonchev–Trinajstić information content (AvgIpc) is 3.02. The molecule has 0 radical (unpaired) electrons. The predicted molar refractivity (Wildman–Crippen MR) is 139 cm³/mol. The highest BCUT2D eigenvalue weighted by molar-refractivity contribution is 5.97. The van der Waals surface area contributed by atoms with Crippen LogP contribution in [-0.4, -0.2) is 36.1 Å². The van der Waals surface area contributed by atoms with Crippen molar-refractivity contribution < 1.29 is 29.2 Å². The molecule has 1 saturated heterocycles. The first-order valence-corrected chi connectivity index (χ1v) is 13.3. The van der Waals surface area contributed by atoms with Gasteiger partial charge in [0.2, 0.25) is 0 Å². The Balaban J connectivity index is 1.57. The Bertz CT molecular complexity index is 1290. The SMILES string of the molecule is CC(C)OC(C)(C)CC(C)(C)C(=O)OCC12c3ccccc3C3C(=O)[NH2+]C(=O)C(C)C31c1ccccc12. The van der Waals surface area contributed by atoms with Crippen LogP contribution < -0.4 is 5.32 Å². The molecule has 1 fully saturated rings. The molecular weight excluding hydrogens is 466 g/mol. The van der Waals surface area contributed by atoms with Crippen molar-refractivity contribution in [2.45, 2.75) is 83.3 Å². The summed E-state index contributed by atoms with van der Waals surface area (Å²) in [6, 6.07) is 16.0. The van der Waals surface area contributed by atoms with E-state index < -0.39 is 33.7 Å². The van der Waals surface area contributed by atoms with Crippen molar-refractivity contribution in [3.63, 3.8) is 0 Å². The summed E-state index contributed by atoms with van der Waals surface area (Å²) in [6.07, 6.45) is 0.534. The van der Waals surface area contributed by atoms with Crippen LogP contribution in [0.3, 0.4) is 0 Å². The van der Waals surface area contributed by atoms with Gasteiger partial charge in [0.05, 0.1) is 28.5 Å². The van der Waals surface area contributed by atoms with Crippen LogP contribution in [0, 0.1) is 11.3 Å². The van der Waals surface area contributed by atoms with Crippen LogP contribution in [0.2, 0.25) is 0 Å². The summed E-state index contributed by atoms with van der Waals surface area (Å²) in [4.78, 5) is 40.3. The lowest BCUT2D eigenvalue weighted by Gasteiger charge is -2.61. The van der Waals surface area contributed by atoms with Crippen LogP contribution in [0.15, 0.2) is 48.5 Å². The molecule has 2 amide bonds. The number of esters is 1. The molecule has 2 aliphatic carbocycles. The van der Waals surface area contributed by atoms with Crippen molar-refractivity contribution in [1.82, 2.24) is 0 Å². The number of ether oxygens (including phenoxy) is 2. The van der Waals surface area contributed by atoms with Gasteiger partial charge in [-0.25, -0.2) is 14.9 Å². The molecule has 2 N–H and O–H groups in total. The summed E-state index contributed by atoms with van der Waals surface area (Å²) in [6.45, 7) is 13.7. The van der Waals surface area contributed by atoms with Crippen LogP contribution in [0.4, 0.5) is 0 Å². The quantitative estimate of drug-likeness (QED) is 0.459. The fourth-order valence-corrected chi connectivity index (χ4v) is 8.02. The number of primary amides is 2. The third kappa shape index (κ3) is 3.41. The monoisotopic (exact) mass is 504 g/mol. The maximum atomic E-state index is 13.6. The number of benzene rings is 2. The molecule has 1 spiro atoms. The molecule has 4 atom stereocenters. The number of amides is 2. The lowest BCUT2D eigenvalue weighted by Crippen LogP contribution is -2.99. The van der Waals surface area contributed by atoms with Gasteiger partial charge in [-0.2, -0.15) is 0 Å². The summed E-state index contributed by atoms with van der Waals surface area (Å²) in [5.41, 5.74) is 1.13. The highest BCUT2D eigenvalue weighted by Gasteiger charge is 2.79. The van der Waals surface area contributed by atoms with Crippen LogP contribution in [-0.2, 0) is 34.7 Å². The third-order valence-electron chi connectivity index (χ3n) is 8.80. The van der Waals surface area contributed by atoms with Crippen LogP contribution in [0.25, 0.3) is 0 Å². The number of nitrogens with two attached hydrogens (primary N) is 1. The Hall–Kier alpha value is -2.83. The van der Waals surface area contributed by atoms with E-state index in [0.29, 0.717) is 6.42 Å². The minimum Gasteiger partial charge on any atom is -0.464 e. The number of imide groups is 1. The lowest BCUT2D eigenvalue weighted by atomic mass is 9.40. The van der Waals surface area contributed by atoms with Gasteiger partial charge in [0.1, 0.15) is 12.5 Å². The smallest absolute Gasteiger partial charge is 0.326 e. The number of hydrogen-bond acceptors (Lipinski definition) is 5. The van der Waals surface area contributed by atoms with E-state index >= 15 is 0 Å². The van der Waals surface area contributed by atoms with Crippen molar-refractivity contribution in [2.24, 2.45) is 11.3 Å². The molecule has 0 aromatic heterocycles. The van der Waals surface area contributed by atoms with E-state index in [2.05, 4.69) is 6.07 Å². The van der Waals surface area contributed by atoms with Crippen molar-refractivity contribution in [2.75, 3.05) is 6.61 Å². The third-order valence-corrected chi connectivity index (χ3v) is 8.80. The molecule has 0 bridgehead atoms. The molecule has 5 rings (SSSR count). The first-order chi connectivity index (χ1) is 17.3. The number of fused-ring (bicyclic) bond motifs is 5. The molecule has 1 aliphatic heterocycles. The standard InChI is InChI=1S/C31H37NO5/c1-18(2)37-29(6,7)16-28(4,5)27(35)36-17-30-21-13-9-8-12-20(21)24-26(34)32-25(33)19(3)31(24,30)23-15-11-10-14-22(23)30/h8-15,18-19,24H,16-17H2,1-7H3,(H,32,33,34)/p+1. The minimum absolute atomic E-state index is 0.0404. The second-order valence-corrected chi connectivity index (χ2v) is 12.6. The average molecular weight is 505 g/mol. The van der Waals surface area contributed by atoms with Crippen LogP contribution in [0.1, 0.15) is 83.1 Å². The van der Waals surface area contributed by atoms with Gasteiger partial charge in [0.15, 0.2) is 0 Å². The van der Waals surface area contributed by atoms with Gasteiger partial charge in [0.25, 0.3) is 0 Å². The number of hydrogen-bond donors (Lipinski definition) is 1. The molecule has 196 valence electrons. The topological polar surface area (TPSA) is 86.3 Å². The van der Waals surface area contributed by atoms with E-state index in [4.69, 9.17) is 9.47 Å². The first-order valence-electron chi connectivity index (χ1n) is 13.3. The van der Waals surface area contributed by atoms with E-state index in [1.54, 1.807) is 0 Å². The van der Waals surface area contributed by atoms with E-state index in [1.165, 1.54) is 5.32 Å². The Kier molecular flexibility index (Phi) is 5.81. The summed E-state index contributed by atoms with van der Waals surface area (Å²) < 4.78 is 12.3. The summed E-state index contributed by atoms with van der Waals surface area (Å²) in [5, 5.41) is 1.28. The number of rotatable bonds is 7. The van der Waals surface area contributed by atoms with Crippen molar-refractivity contribution in [3.8, 4) is 0 Å². The maximum absolute atomic E-state index is 13.6. The molecule has 6 heteroatoms.